The third-order valence-electron chi connectivity index (χ3n) is 5.65. The van der Waals surface area contributed by atoms with Crippen molar-refractivity contribution in [1.82, 2.24) is 4.90 Å². The van der Waals surface area contributed by atoms with E-state index in [2.05, 4.69) is 4.90 Å². The zero-order valence-corrected chi connectivity index (χ0v) is 18.0. The summed E-state index contributed by atoms with van der Waals surface area (Å²) < 4.78 is 21.5. The van der Waals surface area contributed by atoms with Crippen LogP contribution in [0.5, 0.6) is 11.5 Å². The zero-order chi connectivity index (χ0) is 22.7. The van der Waals surface area contributed by atoms with E-state index in [9.17, 15) is 14.9 Å². The zero-order valence-electron chi connectivity index (χ0n) is 18.0. The molecule has 1 amide bonds. The van der Waals surface area contributed by atoms with Gasteiger partial charge in [0.1, 0.15) is 0 Å². The first-order valence-electron chi connectivity index (χ1n) is 10.3. The van der Waals surface area contributed by atoms with Crippen LogP contribution in [0.25, 0.3) is 0 Å². The van der Waals surface area contributed by atoms with Crippen LogP contribution in [0.1, 0.15) is 22.2 Å². The lowest BCUT2D eigenvalue weighted by Crippen LogP contribution is -2.48. The Labute approximate surface area is 185 Å². The van der Waals surface area contributed by atoms with Crippen molar-refractivity contribution in [3.63, 3.8) is 0 Å². The standard InChI is InChI=1S/C22H25N3O7/c1-29-19-6-3-15(13-20(19)30-2)21(26)24-9-7-23(8-10-24)16-4-5-18(25(27)28)17(14-16)22-31-11-12-32-22/h3-6,13-14,22H,7-12H2,1-2H3. The minimum absolute atomic E-state index is 0.0251. The highest BCUT2D eigenvalue weighted by Gasteiger charge is 2.29. The van der Waals surface area contributed by atoms with Gasteiger partial charge in [0.15, 0.2) is 17.8 Å². The third kappa shape index (κ3) is 4.32. The van der Waals surface area contributed by atoms with E-state index in [1.54, 1.807) is 42.3 Å². The topological polar surface area (TPSA) is 104 Å². The first-order valence-corrected chi connectivity index (χ1v) is 10.3. The molecular weight excluding hydrogens is 418 g/mol. The van der Waals surface area contributed by atoms with E-state index in [4.69, 9.17) is 18.9 Å². The van der Waals surface area contributed by atoms with Crippen molar-refractivity contribution >= 4 is 17.3 Å². The molecule has 10 heteroatoms. The molecule has 170 valence electrons. The number of hydrogen-bond donors (Lipinski definition) is 0. The summed E-state index contributed by atoms with van der Waals surface area (Å²) in [6.07, 6.45) is -0.733. The van der Waals surface area contributed by atoms with Gasteiger partial charge in [-0.1, -0.05) is 0 Å². The monoisotopic (exact) mass is 443 g/mol. The van der Waals surface area contributed by atoms with Crippen LogP contribution in [0, 0.1) is 10.1 Å². The summed E-state index contributed by atoms with van der Waals surface area (Å²) in [4.78, 5) is 27.8. The van der Waals surface area contributed by atoms with Gasteiger partial charge in [-0.25, -0.2) is 0 Å². The second kappa shape index (κ2) is 9.41. The van der Waals surface area contributed by atoms with E-state index in [1.165, 1.54) is 13.2 Å². The summed E-state index contributed by atoms with van der Waals surface area (Å²) in [7, 11) is 3.08. The predicted octanol–water partition coefficient (Wildman–Crippen LogP) is 2.62. The van der Waals surface area contributed by atoms with Crippen LogP contribution in [0.2, 0.25) is 0 Å². The predicted molar refractivity (Wildman–Crippen MR) is 115 cm³/mol. The Morgan fingerprint density at radius 2 is 1.69 bits per heavy atom. The fourth-order valence-electron chi connectivity index (χ4n) is 3.95. The number of nitro benzene ring substituents is 1. The molecule has 0 aromatic heterocycles. The molecule has 10 nitrogen and oxygen atoms in total. The first-order chi connectivity index (χ1) is 15.5. The summed E-state index contributed by atoms with van der Waals surface area (Å²) in [5.41, 5.74) is 1.75. The molecule has 0 spiro atoms. The fraction of sp³-hybridized carbons (Fsp3) is 0.409. The largest absolute Gasteiger partial charge is 0.493 e. The second-order valence-electron chi connectivity index (χ2n) is 7.42. The van der Waals surface area contributed by atoms with E-state index in [-0.39, 0.29) is 11.6 Å². The van der Waals surface area contributed by atoms with Crippen LogP contribution in [-0.4, -0.2) is 69.3 Å². The van der Waals surface area contributed by atoms with Crippen LogP contribution < -0.4 is 14.4 Å². The summed E-state index contributed by atoms with van der Waals surface area (Å²) in [6.45, 7) is 3.06. The molecule has 0 radical (unpaired) electrons. The molecule has 32 heavy (non-hydrogen) atoms. The van der Waals surface area contributed by atoms with Gasteiger partial charge in [0, 0.05) is 43.5 Å². The number of amides is 1. The van der Waals surface area contributed by atoms with Gasteiger partial charge in [0.05, 0.1) is 37.9 Å². The number of piperazine rings is 1. The molecule has 2 aliphatic heterocycles. The Hall–Kier alpha value is -3.37. The maximum Gasteiger partial charge on any atom is 0.277 e. The number of carbonyl (C=O) groups is 1. The molecule has 2 aliphatic rings. The smallest absolute Gasteiger partial charge is 0.277 e. The molecule has 0 N–H and O–H groups in total. The average molecular weight is 443 g/mol. The molecule has 2 saturated heterocycles. The van der Waals surface area contributed by atoms with Gasteiger partial charge in [-0.3, -0.25) is 14.9 Å². The summed E-state index contributed by atoms with van der Waals surface area (Å²) in [5.74, 6) is 0.993. The van der Waals surface area contributed by atoms with Crippen molar-refractivity contribution in [2.75, 3.05) is 58.5 Å². The van der Waals surface area contributed by atoms with Gasteiger partial charge in [0.25, 0.3) is 11.6 Å². The average Bonchev–Trinajstić information content (AvgIpc) is 3.37. The fourth-order valence-corrected chi connectivity index (χ4v) is 3.95. The number of nitrogens with zero attached hydrogens (tertiary/aromatic N) is 3. The Bertz CT molecular complexity index is 999. The van der Waals surface area contributed by atoms with E-state index in [0.29, 0.717) is 62.0 Å². The lowest BCUT2D eigenvalue weighted by atomic mass is 10.1. The van der Waals surface area contributed by atoms with Crippen molar-refractivity contribution in [3.05, 3.63) is 57.6 Å². The summed E-state index contributed by atoms with van der Waals surface area (Å²) >= 11 is 0. The van der Waals surface area contributed by atoms with Crippen LogP contribution in [0.4, 0.5) is 11.4 Å². The Kier molecular flexibility index (Phi) is 6.42. The number of nitro groups is 1. The van der Waals surface area contributed by atoms with E-state index < -0.39 is 11.2 Å². The van der Waals surface area contributed by atoms with Crippen LogP contribution in [0.15, 0.2) is 36.4 Å². The van der Waals surface area contributed by atoms with Gasteiger partial charge >= 0.3 is 0 Å². The van der Waals surface area contributed by atoms with Gasteiger partial charge < -0.3 is 28.7 Å². The van der Waals surface area contributed by atoms with Crippen molar-refractivity contribution < 1.29 is 28.7 Å². The van der Waals surface area contributed by atoms with E-state index in [0.717, 1.165) is 5.69 Å². The summed E-state index contributed by atoms with van der Waals surface area (Å²) in [5, 5.41) is 11.4. The van der Waals surface area contributed by atoms with Gasteiger partial charge in [-0.15, -0.1) is 0 Å². The Balaban J connectivity index is 1.46. The van der Waals surface area contributed by atoms with Crippen molar-refractivity contribution in [2.24, 2.45) is 0 Å². The minimum atomic E-state index is -0.733. The number of hydrogen-bond acceptors (Lipinski definition) is 8. The van der Waals surface area contributed by atoms with Gasteiger partial charge in [0.2, 0.25) is 0 Å². The lowest BCUT2D eigenvalue weighted by molar-refractivity contribution is -0.386. The first kappa shape index (κ1) is 21.8. The van der Waals surface area contributed by atoms with Gasteiger partial charge in [-0.2, -0.15) is 0 Å². The van der Waals surface area contributed by atoms with Crippen molar-refractivity contribution in [1.29, 1.82) is 0 Å². The van der Waals surface area contributed by atoms with Crippen LogP contribution in [-0.2, 0) is 9.47 Å². The Morgan fingerprint density at radius 1 is 1.00 bits per heavy atom. The number of ether oxygens (including phenoxy) is 4. The molecule has 0 aliphatic carbocycles. The number of anilines is 1. The van der Waals surface area contributed by atoms with Gasteiger partial charge in [-0.05, 0) is 30.3 Å². The summed E-state index contributed by atoms with van der Waals surface area (Å²) in [6, 6.07) is 10.1. The molecule has 2 fully saturated rings. The number of carbonyl (C=O) groups excluding carboxylic acids is 1. The Morgan fingerprint density at radius 3 is 2.31 bits per heavy atom. The molecule has 0 atom stereocenters. The van der Waals surface area contributed by atoms with E-state index in [1.807, 2.05) is 0 Å². The molecule has 2 aromatic rings. The van der Waals surface area contributed by atoms with Crippen LogP contribution in [0.3, 0.4) is 0 Å². The quantitative estimate of drug-likeness (QED) is 0.496. The molecular formula is C22H25N3O7. The second-order valence-corrected chi connectivity index (χ2v) is 7.42. The van der Waals surface area contributed by atoms with Crippen LogP contribution >= 0.6 is 0 Å². The number of benzene rings is 2. The highest BCUT2D eigenvalue weighted by atomic mass is 16.7. The molecule has 2 heterocycles. The molecule has 0 unspecified atom stereocenters. The number of methoxy groups -OCH3 is 2. The maximum absolute atomic E-state index is 13.0. The normalized spacial score (nSPS) is 16.8. The lowest BCUT2D eigenvalue weighted by Gasteiger charge is -2.36. The molecule has 0 bridgehead atoms. The molecule has 4 rings (SSSR count). The SMILES string of the molecule is COc1ccc(C(=O)N2CCN(c3ccc([N+](=O)[O-])c(C4OCCO4)c3)CC2)cc1OC. The molecule has 0 saturated carbocycles. The minimum Gasteiger partial charge on any atom is -0.493 e. The highest BCUT2D eigenvalue weighted by Crippen LogP contribution is 2.34. The maximum atomic E-state index is 13.0. The van der Waals surface area contributed by atoms with Crippen molar-refractivity contribution in [2.45, 2.75) is 6.29 Å². The number of rotatable bonds is 6. The van der Waals surface area contributed by atoms with Crippen molar-refractivity contribution in [3.8, 4) is 11.5 Å². The molecule has 2 aromatic carbocycles. The highest BCUT2D eigenvalue weighted by molar-refractivity contribution is 5.95. The van der Waals surface area contributed by atoms with E-state index >= 15 is 0 Å². The third-order valence-corrected chi connectivity index (χ3v) is 5.65.